The predicted molar refractivity (Wildman–Crippen MR) is 42.3 cm³/mol. The zero-order valence-electron chi connectivity index (χ0n) is 6.83. The van der Waals surface area contributed by atoms with Crippen LogP contribution in [-0.2, 0) is 4.74 Å². The van der Waals surface area contributed by atoms with Crippen LogP contribution < -0.4 is 0 Å². The van der Waals surface area contributed by atoms with Gasteiger partial charge in [-0.05, 0) is 12.3 Å². The van der Waals surface area contributed by atoms with Crippen molar-refractivity contribution in [2.24, 2.45) is 11.8 Å². The molecule has 0 aromatic carbocycles. The number of aliphatic hydroxyl groups excluding tert-OH is 1. The van der Waals surface area contributed by atoms with Crippen molar-refractivity contribution in [3.8, 4) is 0 Å². The van der Waals surface area contributed by atoms with Gasteiger partial charge in [0.2, 0.25) is 0 Å². The molecule has 2 rings (SSSR count). The van der Waals surface area contributed by atoms with Gasteiger partial charge in [0.25, 0.3) is 0 Å². The van der Waals surface area contributed by atoms with Crippen molar-refractivity contribution < 1.29 is 9.84 Å². The molecule has 2 atom stereocenters. The number of ether oxygens (including phenoxy) is 1. The highest BCUT2D eigenvalue weighted by Crippen LogP contribution is 2.34. The summed E-state index contributed by atoms with van der Waals surface area (Å²) in [5.41, 5.74) is 0. The van der Waals surface area contributed by atoms with E-state index in [0.717, 1.165) is 12.5 Å². The molecule has 2 aliphatic rings. The summed E-state index contributed by atoms with van der Waals surface area (Å²) in [5, 5.41) is 9.43. The van der Waals surface area contributed by atoms with Crippen LogP contribution in [0.3, 0.4) is 0 Å². The fourth-order valence-electron chi connectivity index (χ4n) is 1.97. The summed E-state index contributed by atoms with van der Waals surface area (Å²) in [6, 6.07) is 0. The van der Waals surface area contributed by atoms with Crippen LogP contribution in [0.5, 0.6) is 0 Å². The summed E-state index contributed by atoms with van der Waals surface area (Å²) in [6.45, 7) is 1.36. The lowest BCUT2D eigenvalue weighted by Crippen LogP contribution is -2.23. The lowest BCUT2D eigenvalue weighted by Gasteiger charge is -2.28. The molecule has 1 aliphatic carbocycles. The van der Waals surface area contributed by atoms with Crippen LogP contribution in [0.25, 0.3) is 0 Å². The van der Waals surface area contributed by atoms with E-state index in [1.165, 1.54) is 25.7 Å². The van der Waals surface area contributed by atoms with E-state index in [2.05, 4.69) is 0 Å². The maximum atomic E-state index is 9.43. The second kappa shape index (κ2) is 3.11. The van der Waals surface area contributed by atoms with Gasteiger partial charge in [-0.15, -0.1) is 0 Å². The number of aliphatic hydroxyl groups is 1. The normalized spacial score (nSPS) is 39.0. The Hall–Kier alpha value is -0.0800. The first-order chi connectivity index (χ1) is 5.36. The van der Waals surface area contributed by atoms with E-state index in [1.54, 1.807) is 0 Å². The highest BCUT2D eigenvalue weighted by molar-refractivity contribution is 4.80. The molecule has 2 heteroatoms. The fraction of sp³-hybridized carbons (Fsp3) is 1.00. The quantitative estimate of drug-likeness (QED) is 0.650. The zero-order valence-corrected chi connectivity index (χ0v) is 6.83. The third-order valence-electron chi connectivity index (χ3n) is 3.03. The lowest BCUT2D eigenvalue weighted by atomic mass is 9.78. The molecule has 2 fully saturated rings. The second-order valence-electron chi connectivity index (χ2n) is 3.90. The van der Waals surface area contributed by atoms with Gasteiger partial charge >= 0.3 is 0 Å². The minimum Gasteiger partial charge on any atom is -0.390 e. The third-order valence-corrected chi connectivity index (χ3v) is 3.03. The van der Waals surface area contributed by atoms with E-state index >= 15 is 0 Å². The average molecular weight is 156 g/mol. The third kappa shape index (κ3) is 1.57. The maximum Gasteiger partial charge on any atom is 0.0823 e. The van der Waals surface area contributed by atoms with Gasteiger partial charge < -0.3 is 9.84 Å². The summed E-state index contributed by atoms with van der Waals surface area (Å²) in [6.07, 6.45) is 5.18. The monoisotopic (exact) mass is 156 g/mol. The van der Waals surface area contributed by atoms with E-state index in [4.69, 9.17) is 4.74 Å². The Kier molecular flexibility index (Phi) is 2.14. The van der Waals surface area contributed by atoms with Crippen LogP contribution in [0, 0.1) is 11.8 Å². The van der Waals surface area contributed by atoms with Crippen LogP contribution in [0.1, 0.15) is 25.7 Å². The topological polar surface area (TPSA) is 29.5 Å². The Morgan fingerprint density at radius 1 is 1.27 bits per heavy atom. The largest absolute Gasteiger partial charge is 0.390 e. The van der Waals surface area contributed by atoms with Crippen molar-refractivity contribution in [3.63, 3.8) is 0 Å². The molecular formula is C9H16O2. The molecule has 0 spiro atoms. The number of hydrogen-bond donors (Lipinski definition) is 1. The first-order valence-electron chi connectivity index (χ1n) is 4.62. The minimum atomic E-state index is -0.171. The second-order valence-corrected chi connectivity index (χ2v) is 3.90. The molecule has 1 saturated carbocycles. The van der Waals surface area contributed by atoms with Gasteiger partial charge in [-0.1, -0.05) is 19.3 Å². The van der Waals surface area contributed by atoms with Crippen LogP contribution in [0.15, 0.2) is 0 Å². The summed E-state index contributed by atoms with van der Waals surface area (Å²) in [7, 11) is 0. The van der Waals surface area contributed by atoms with Crippen LogP contribution in [-0.4, -0.2) is 24.4 Å². The lowest BCUT2D eigenvalue weighted by molar-refractivity contribution is 0.108. The van der Waals surface area contributed by atoms with Gasteiger partial charge in [0.1, 0.15) is 0 Å². The first kappa shape index (κ1) is 7.56. The van der Waals surface area contributed by atoms with Crippen molar-refractivity contribution in [3.05, 3.63) is 0 Å². The SMILES string of the molecule is O[C@@H]1COC[C@H]1CC1CCC1. The molecule has 0 aromatic rings. The Bertz CT molecular complexity index is 132. The molecule has 1 heterocycles. The van der Waals surface area contributed by atoms with E-state index in [1.807, 2.05) is 0 Å². The summed E-state index contributed by atoms with van der Waals surface area (Å²) >= 11 is 0. The van der Waals surface area contributed by atoms with Gasteiger partial charge in [-0.25, -0.2) is 0 Å². The van der Waals surface area contributed by atoms with Crippen molar-refractivity contribution in [1.29, 1.82) is 0 Å². The van der Waals surface area contributed by atoms with E-state index in [-0.39, 0.29) is 6.10 Å². The van der Waals surface area contributed by atoms with Gasteiger partial charge in [0.15, 0.2) is 0 Å². The summed E-state index contributed by atoms with van der Waals surface area (Å²) in [5.74, 6) is 1.34. The highest BCUT2D eigenvalue weighted by Gasteiger charge is 2.30. The Morgan fingerprint density at radius 2 is 2.09 bits per heavy atom. The summed E-state index contributed by atoms with van der Waals surface area (Å²) < 4.78 is 5.19. The van der Waals surface area contributed by atoms with E-state index in [0.29, 0.717) is 12.5 Å². The van der Waals surface area contributed by atoms with E-state index in [9.17, 15) is 5.11 Å². The fourth-order valence-corrected chi connectivity index (χ4v) is 1.97. The molecule has 0 bridgehead atoms. The highest BCUT2D eigenvalue weighted by atomic mass is 16.5. The minimum absolute atomic E-state index is 0.171. The molecule has 64 valence electrons. The van der Waals surface area contributed by atoms with Gasteiger partial charge in [0, 0.05) is 5.92 Å². The molecule has 0 aromatic heterocycles. The Labute approximate surface area is 67.6 Å². The molecule has 11 heavy (non-hydrogen) atoms. The summed E-state index contributed by atoms with van der Waals surface area (Å²) in [4.78, 5) is 0. The molecule has 2 nitrogen and oxygen atoms in total. The number of rotatable bonds is 2. The number of hydrogen-bond acceptors (Lipinski definition) is 2. The van der Waals surface area contributed by atoms with Crippen molar-refractivity contribution in [2.75, 3.05) is 13.2 Å². The molecule has 0 unspecified atom stereocenters. The van der Waals surface area contributed by atoms with Crippen molar-refractivity contribution in [2.45, 2.75) is 31.8 Å². The van der Waals surface area contributed by atoms with Gasteiger partial charge in [-0.2, -0.15) is 0 Å². The molecule has 1 N–H and O–H groups in total. The van der Waals surface area contributed by atoms with Crippen molar-refractivity contribution in [1.82, 2.24) is 0 Å². The van der Waals surface area contributed by atoms with Gasteiger partial charge in [0.05, 0.1) is 19.3 Å². The Morgan fingerprint density at radius 3 is 2.55 bits per heavy atom. The standard InChI is InChI=1S/C9H16O2/c10-9-6-11-5-8(9)4-7-2-1-3-7/h7-10H,1-6H2/t8-,9-/m1/s1. The average Bonchev–Trinajstić information content (AvgIpc) is 2.27. The smallest absolute Gasteiger partial charge is 0.0823 e. The molecule has 1 aliphatic heterocycles. The van der Waals surface area contributed by atoms with Crippen LogP contribution >= 0.6 is 0 Å². The molecule has 0 amide bonds. The molecule has 0 radical (unpaired) electrons. The van der Waals surface area contributed by atoms with Gasteiger partial charge in [-0.3, -0.25) is 0 Å². The van der Waals surface area contributed by atoms with E-state index < -0.39 is 0 Å². The Balaban J connectivity index is 1.75. The zero-order chi connectivity index (χ0) is 7.68. The van der Waals surface area contributed by atoms with Crippen LogP contribution in [0.4, 0.5) is 0 Å². The first-order valence-corrected chi connectivity index (χ1v) is 4.62. The predicted octanol–water partition coefficient (Wildman–Crippen LogP) is 1.18. The van der Waals surface area contributed by atoms with Crippen molar-refractivity contribution >= 4 is 0 Å². The molecule has 1 saturated heterocycles. The molecular weight excluding hydrogens is 140 g/mol. The maximum absolute atomic E-state index is 9.43. The van der Waals surface area contributed by atoms with Crippen LogP contribution in [0.2, 0.25) is 0 Å².